The van der Waals surface area contributed by atoms with Crippen LogP contribution in [0.1, 0.15) is 11.1 Å². The SMILES string of the molecule is Cc1cccc(S(=O)(=O)NCCc2ccc3ocnc3c2)c1. The Labute approximate surface area is 129 Å². The van der Waals surface area contributed by atoms with Crippen LogP contribution in [0.4, 0.5) is 0 Å². The van der Waals surface area contributed by atoms with Crippen LogP contribution in [0.15, 0.2) is 58.2 Å². The normalized spacial score (nSPS) is 11.9. The number of nitrogens with one attached hydrogen (secondary N) is 1. The van der Waals surface area contributed by atoms with Gasteiger partial charge in [0.1, 0.15) is 5.52 Å². The molecule has 0 saturated heterocycles. The highest BCUT2D eigenvalue weighted by atomic mass is 32.2. The average Bonchev–Trinajstić information content (AvgIpc) is 2.94. The summed E-state index contributed by atoms with van der Waals surface area (Å²) in [7, 11) is -3.47. The molecule has 6 heteroatoms. The molecule has 0 spiro atoms. The third-order valence-corrected chi connectivity index (χ3v) is 4.86. The molecular weight excluding hydrogens is 300 g/mol. The van der Waals surface area contributed by atoms with E-state index in [9.17, 15) is 8.42 Å². The van der Waals surface area contributed by atoms with Crippen LogP contribution in [-0.2, 0) is 16.4 Å². The van der Waals surface area contributed by atoms with Gasteiger partial charge in [0.25, 0.3) is 0 Å². The molecule has 3 aromatic rings. The molecule has 0 aliphatic carbocycles. The Morgan fingerprint density at radius 1 is 1.18 bits per heavy atom. The van der Waals surface area contributed by atoms with Gasteiger partial charge in [0.2, 0.25) is 10.0 Å². The fourth-order valence-electron chi connectivity index (χ4n) is 2.25. The van der Waals surface area contributed by atoms with Crippen molar-refractivity contribution in [1.82, 2.24) is 9.71 Å². The number of benzene rings is 2. The first-order valence-electron chi connectivity index (χ1n) is 6.93. The molecule has 0 aliphatic heterocycles. The second-order valence-corrected chi connectivity index (χ2v) is 6.89. The van der Waals surface area contributed by atoms with Crippen molar-refractivity contribution in [2.75, 3.05) is 6.54 Å². The standard InChI is InChI=1S/C16H16N2O3S/c1-12-3-2-4-14(9-12)22(19,20)18-8-7-13-5-6-16-15(10-13)17-11-21-16/h2-6,9-11,18H,7-8H2,1H3. The molecular formula is C16H16N2O3S. The van der Waals surface area contributed by atoms with Crippen LogP contribution >= 0.6 is 0 Å². The van der Waals surface area contributed by atoms with E-state index in [-0.39, 0.29) is 0 Å². The first kappa shape index (κ1) is 14.7. The summed E-state index contributed by atoms with van der Waals surface area (Å²) in [5, 5.41) is 0. The maximum atomic E-state index is 12.2. The highest BCUT2D eigenvalue weighted by molar-refractivity contribution is 7.89. The lowest BCUT2D eigenvalue weighted by molar-refractivity contribution is 0.581. The summed E-state index contributed by atoms with van der Waals surface area (Å²) >= 11 is 0. The van der Waals surface area contributed by atoms with E-state index in [1.165, 1.54) is 6.39 Å². The molecule has 0 saturated carbocycles. The average molecular weight is 316 g/mol. The zero-order valence-electron chi connectivity index (χ0n) is 12.1. The van der Waals surface area contributed by atoms with Gasteiger partial charge in [-0.15, -0.1) is 0 Å². The molecule has 3 rings (SSSR count). The van der Waals surface area contributed by atoms with Gasteiger partial charge < -0.3 is 4.42 Å². The highest BCUT2D eigenvalue weighted by Gasteiger charge is 2.13. The molecule has 0 bridgehead atoms. The Bertz CT molecular complexity index is 900. The van der Waals surface area contributed by atoms with Gasteiger partial charge in [-0.2, -0.15) is 0 Å². The molecule has 0 aliphatic rings. The van der Waals surface area contributed by atoms with Gasteiger partial charge in [0.15, 0.2) is 12.0 Å². The molecule has 22 heavy (non-hydrogen) atoms. The Morgan fingerprint density at radius 3 is 2.86 bits per heavy atom. The van der Waals surface area contributed by atoms with E-state index in [4.69, 9.17) is 4.42 Å². The summed E-state index contributed by atoms with van der Waals surface area (Å²) < 4.78 is 32.2. The van der Waals surface area contributed by atoms with E-state index < -0.39 is 10.0 Å². The van der Waals surface area contributed by atoms with Crippen molar-refractivity contribution in [3.63, 3.8) is 0 Å². The van der Waals surface area contributed by atoms with Crippen LogP contribution in [0.25, 0.3) is 11.1 Å². The largest absolute Gasteiger partial charge is 0.443 e. The number of aryl methyl sites for hydroxylation is 1. The minimum Gasteiger partial charge on any atom is -0.443 e. The summed E-state index contributed by atoms with van der Waals surface area (Å²) in [6.45, 7) is 2.20. The molecule has 0 fully saturated rings. The number of sulfonamides is 1. The van der Waals surface area contributed by atoms with Crippen molar-refractivity contribution in [3.05, 3.63) is 60.0 Å². The van der Waals surface area contributed by atoms with E-state index >= 15 is 0 Å². The summed E-state index contributed by atoms with van der Waals surface area (Å²) in [4.78, 5) is 4.38. The lowest BCUT2D eigenvalue weighted by Crippen LogP contribution is -2.26. The molecule has 1 aromatic heterocycles. The van der Waals surface area contributed by atoms with E-state index in [1.807, 2.05) is 31.2 Å². The Balaban J connectivity index is 1.67. The van der Waals surface area contributed by atoms with Gasteiger partial charge in [0, 0.05) is 6.54 Å². The zero-order chi connectivity index (χ0) is 15.6. The molecule has 0 atom stereocenters. The molecule has 0 amide bonds. The Morgan fingerprint density at radius 2 is 2.05 bits per heavy atom. The smallest absolute Gasteiger partial charge is 0.240 e. The number of hydrogen-bond acceptors (Lipinski definition) is 4. The van der Waals surface area contributed by atoms with Gasteiger partial charge in [-0.3, -0.25) is 0 Å². The van der Waals surface area contributed by atoms with Crippen LogP contribution < -0.4 is 4.72 Å². The zero-order valence-corrected chi connectivity index (χ0v) is 12.9. The number of hydrogen-bond donors (Lipinski definition) is 1. The fourth-order valence-corrected chi connectivity index (χ4v) is 3.39. The van der Waals surface area contributed by atoms with Gasteiger partial charge in [0.05, 0.1) is 4.90 Å². The lowest BCUT2D eigenvalue weighted by atomic mass is 10.1. The Kier molecular flexibility index (Phi) is 3.96. The molecule has 1 N–H and O–H groups in total. The van der Waals surface area contributed by atoms with E-state index in [2.05, 4.69) is 9.71 Å². The second kappa shape index (κ2) is 5.90. The molecule has 2 aromatic carbocycles. The van der Waals surface area contributed by atoms with Crippen LogP contribution in [0.5, 0.6) is 0 Å². The minimum atomic E-state index is -3.47. The summed E-state index contributed by atoms with van der Waals surface area (Å²) in [5.41, 5.74) is 3.43. The topological polar surface area (TPSA) is 72.2 Å². The van der Waals surface area contributed by atoms with Crippen molar-refractivity contribution in [2.24, 2.45) is 0 Å². The van der Waals surface area contributed by atoms with E-state index in [0.717, 1.165) is 22.2 Å². The number of aromatic nitrogens is 1. The fraction of sp³-hybridized carbons (Fsp3) is 0.188. The predicted molar refractivity (Wildman–Crippen MR) is 84.1 cm³/mol. The van der Waals surface area contributed by atoms with Gasteiger partial charge >= 0.3 is 0 Å². The number of nitrogens with zero attached hydrogens (tertiary/aromatic N) is 1. The van der Waals surface area contributed by atoms with Crippen LogP contribution in [0.2, 0.25) is 0 Å². The molecule has 1 heterocycles. The summed E-state index contributed by atoms with van der Waals surface area (Å²) in [6.07, 6.45) is 1.99. The first-order chi connectivity index (χ1) is 10.5. The van der Waals surface area contributed by atoms with Crippen molar-refractivity contribution in [3.8, 4) is 0 Å². The monoisotopic (exact) mass is 316 g/mol. The molecule has 114 valence electrons. The highest BCUT2D eigenvalue weighted by Crippen LogP contribution is 2.15. The van der Waals surface area contributed by atoms with E-state index in [1.54, 1.807) is 18.2 Å². The number of rotatable bonds is 5. The maximum Gasteiger partial charge on any atom is 0.240 e. The van der Waals surface area contributed by atoms with Crippen molar-refractivity contribution in [1.29, 1.82) is 0 Å². The number of oxazole rings is 1. The van der Waals surface area contributed by atoms with Crippen LogP contribution in [-0.4, -0.2) is 19.9 Å². The lowest BCUT2D eigenvalue weighted by Gasteiger charge is -2.07. The quantitative estimate of drug-likeness (QED) is 0.785. The minimum absolute atomic E-state index is 0.291. The van der Waals surface area contributed by atoms with Gasteiger partial charge in [-0.25, -0.2) is 18.1 Å². The molecule has 0 unspecified atom stereocenters. The summed E-state index contributed by atoms with van der Waals surface area (Å²) in [5.74, 6) is 0. The third kappa shape index (κ3) is 3.18. The van der Waals surface area contributed by atoms with Gasteiger partial charge in [-0.1, -0.05) is 18.2 Å². The van der Waals surface area contributed by atoms with Crippen LogP contribution in [0.3, 0.4) is 0 Å². The van der Waals surface area contributed by atoms with Crippen molar-refractivity contribution >= 4 is 21.1 Å². The summed E-state index contributed by atoms with van der Waals surface area (Å²) in [6, 6.07) is 12.5. The molecule has 0 radical (unpaired) electrons. The second-order valence-electron chi connectivity index (χ2n) is 5.12. The van der Waals surface area contributed by atoms with Crippen molar-refractivity contribution in [2.45, 2.75) is 18.2 Å². The van der Waals surface area contributed by atoms with E-state index in [0.29, 0.717) is 17.9 Å². The molecule has 5 nitrogen and oxygen atoms in total. The van der Waals surface area contributed by atoms with Gasteiger partial charge in [-0.05, 0) is 48.7 Å². The first-order valence-corrected chi connectivity index (χ1v) is 8.41. The van der Waals surface area contributed by atoms with Crippen molar-refractivity contribution < 1.29 is 12.8 Å². The third-order valence-electron chi connectivity index (χ3n) is 3.40. The number of fused-ring (bicyclic) bond motifs is 1. The maximum absolute atomic E-state index is 12.2. The Hall–Kier alpha value is -2.18. The van der Waals surface area contributed by atoms with Crippen LogP contribution in [0, 0.1) is 6.92 Å². The predicted octanol–water partition coefficient (Wildman–Crippen LogP) is 2.66.